The first-order valence-corrected chi connectivity index (χ1v) is 6.25. The van der Waals surface area contributed by atoms with Gasteiger partial charge in [0, 0.05) is 5.56 Å². The van der Waals surface area contributed by atoms with Crippen molar-refractivity contribution in [3.8, 4) is 5.75 Å². The fourth-order valence-electron chi connectivity index (χ4n) is 1.55. The minimum Gasteiger partial charge on any atom is -0.508 e. The Morgan fingerprint density at radius 3 is 2.95 bits per heavy atom. The number of rotatable bonds is 4. The molecule has 0 atom stereocenters. The number of thiazole rings is 1. The van der Waals surface area contributed by atoms with Gasteiger partial charge in [0.05, 0.1) is 23.2 Å². The van der Waals surface area contributed by atoms with Crippen molar-refractivity contribution in [3.05, 3.63) is 21.3 Å². The molecule has 0 saturated heterocycles. The normalized spacial score (nSPS) is 11.4. The standard InChI is InChI=1S/C11H11N3O4S/c1-5-6(15)4-7-10(13-11(18)19-7)9(5)14-12-3-2-8(16)17/h4,15H,2-3H2,1H3,(H,13,18)(H,16,17). The second-order valence-electron chi connectivity index (χ2n) is 3.87. The van der Waals surface area contributed by atoms with Crippen LogP contribution in [0.15, 0.2) is 21.1 Å². The van der Waals surface area contributed by atoms with Crippen molar-refractivity contribution in [2.45, 2.75) is 13.3 Å². The summed E-state index contributed by atoms with van der Waals surface area (Å²) in [5, 5.41) is 25.9. The summed E-state index contributed by atoms with van der Waals surface area (Å²) in [6.45, 7) is 1.69. The fraction of sp³-hybridized carbons (Fsp3) is 0.273. The fourth-order valence-corrected chi connectivity index (χ4v) is 2.32. The van der Waals surface area contributed by atoms with E-state index < -0.39 is 5.97 Å². The first kappa shape index (κ1) is 13.2. The largest absolute Gasteiger partial charge is 0.508 e. The number of benzene rings is 1. The monoisotopic (exact) mass is 281 g/mol. The van der Waals surface area contributed by atoms with Gasteiger partial charge in [-0.15, -0.1) is 0 Å². The van der Waals surface area contributed by atoms with Crippen molar-refractivity contribution >= 4 is 33.2 Å². The number of aromatic amines is 1. The Labute approximate surface area is 111 Å². The quantitative estimate of drug-likeness (QED) is 0.745. The maximum absolute atomic E-state index is 11.3. The molecular weight excluding hydrogens is 270 g/mol. The molecule has 0 spiro atoms. The minimum absolute atomic E-state index is 0.0231. The van der Waals surface area contributed by atoms with E-state index in [4.69, 9.17) is 5.11 Å². The third-order valence-corrected chi connectivity index (χ3v) is 3.35. The van der Waals surface area contributed by atoms with Gasteiger partial charge < -0.3 is 15.2 Å². The summed E-state index contributed by atoms with van der Waals surface area (Å²) in [6.07, 6.45) is -0.120. The number of carboxylic acids is 1. The zero-order valence-corrected chi connectivity index (χ0v) is 10.8. The lowest BCUT2D eigenvalue weighted by molar-refractivity contribution is -0.136. The Morgan fingerprint density at radius 1 is 1.53 bits per heavy atom. The Kier molecular flexibility index (Phi) is 3.61. The number of carboxylic acid groups (broad SMARTS) is 1. The maximum atomic E-state index is 11.3. The van der Waals surface area contributed by atoms with Crippen LogP contribution < -0.4 is 4.87 Å². The molecule has 0 aliphatic heterocycles. The number of azo groups is 1. The highest BCUT2D eigenvalue weighted by Gasteiger charge is 2.12. The zero-order valence-electron chi connectivity index (χ0n) is 10.0. The molecule has 1 aromatic heterocycles. The SMILES string of the molecule is Cc1c(O)cc2sc(=O)[nH]c2c1N=NCCC(=O)O. The van der Waals surface area contributed by atoms with Crippen LogP contribution in [0.5, 0.6) is 5.75 Å². The Morgan fingerprint density at radius 2 is 2.26 bits per heavy atom. The van der Waals surface area contributed by atoms with Crippen LogP contribution in [0, 0.1) is 6.92 Å². The van der Waals surface area contributed by atoms with Crippen molar-refractivity contribution in [1.82, 2.24) is 4.98 Å². The minimum atomic E-state index is -0.958. The molecule has 19 heavy (non-hydrogen) atoms. The van der Waals surface area contributed by atoms with Gasteiger partial charge in [0.15, 0.2) is 0 Å². The van der Waals surface area contributed by atoms with Gasteiger partial charge >= 0.3 is 10.8 Å². The smallest absolute Gasteiger partial charge is 0.305 e. The summed E-state index contributed by atoms with van der Waals surface area (Å²) in [6, 6.07) is 1.49. The van der Waals surface area contributed by atoms with E-state index in [2.05, 4.69) is 15.2 Å². The number of hydrogen-bond acceptors (Lipinski definition) is 6. The molecule has 8 heteroatoms. The molecule has 0 saturated carbocycles. The maximum Gasteiger partial charge on any atom is 0.305 e. The van der Waals surface area contributed by atoms with Gasteiger partial charge in [0.2, 0.25) is 0 Å². The molecule has 0 bridgehead atoms. The highest BCUT2D eigenvalue weighted by atomic mass is 32.1. The van der Waals surface area contributed by atoms with Gasteiger partial charge in [-0.05, 0) is 13.0 Å². The summed E-state index contributed by atoms with van der Waals surface area (Å²) < 4.78 is 0.584. The van der Waals surface area contributed by atoms with Gasteiger partial charge in [-0.25, -0.2) is 0 Å². The summed E-state index contributed by atoms with van der Waals surface area (Å²) in [4.78, 5) is 24.1. The van der Waals surface area contributed by atoms with Crippen LogP contribution in [-0.2, 0) is 4.79 Å². The number of phenolic OH excluding ortho intramolecular Hbond substituents is 1. The van der Waals surface area contributed by atoms with Crippen LogP contribution in [0.4, 0.5) is 5.69 Å². The highest BCUT2D eigenvalue weighted by molar-refractivity contribution is 7.16. The molecule has 1 aromatic carbocycles. The van der Waals surface area contributed by atoms with E-state index in [1.165, 1.54) is 6.07 Å². The van der Waals surface area contributed by atoms with Crippen LogP contribution in [0.3, 0.4) is 0 Å². The number of fused-ring (bicyclic) bond motifs is 1. The van der Waals surface area contributed by atoms with Gasteiger partial charge in [0.1, 0.15) is 11.4 Å². The van der Waals surface area contributed by atoms with Crippen molar-refractivity contribution in [3.63, 3.8) is 0 Å². The summed E-state index contributed by atoms with van der Waals surface area (Å²) in [7, 11) is 0. The van der Waals surface area contributed by atoms with E-state index >= 15 is 0 Å². The molecule has 0 amide bonds. The van der Waals surface area contributed by atoms with E-state index in [9.17, 15) is 14.7 Å². The summed E-state index contributed by atoms with van der Waals surface area (Å²) >= 11 is 0.966. The highest BCUT2D eigenvalue weighted by Crippen LogP contribution is 2.35. The molecule has 0 aliphatic rings. The van der Waals surface area contributed by atoms with Crippen molar-refractivity contribution in [1.29, 1.82) is 0 Å². The molecule has 100 valence electrons. The lowest BCUT2D eigenvalue weighted by Crippen LogP contribution is -1.95. The lowest BCUT2D eigenvalue weighted by atomic mass is 10.1. The number of phenols is 1. The van der Waals surface area contributed by atoms with Crippen LogP contribution >= 0.6 is 11.3 Å². The topological polar surface area (TPSA) is 115 Å². The van der Waals surface area contributed by atoms with E-state index in [-0.39, 0.29) is 23.6 Å². The number of hydrogen-bond donors (Lipinski definition) is 3. The first-order chi connectivity index (χ1) is 8.99. The number of aromatic nitrogens is 1. The van der Waals surface area contributed by atoms with E-state index in [0.717, 1.165) is 11.3 Å². The first-order valence-electron chi connectivity index (χ1n) is 5.43. The number of H-pyrrole nitrogens is 1. The van der Waals surface area contributed by atoms with E-state index in [1.807, 2.05) is 0 Å². The Bertz CT molecular complexity index is 717. The average molecular weight is 281 g/mol. The number of nitrogens with one attached hydrogen (secondary N) is 1. The van der Waals surface area contributed by atoms with Crippen LogP contribution in [-0.4, -0.2) is 27.7 Å². The summed E-state index contributed by atoms with van der Waals surface area (Å²) in [5.74, 6) is -0.935. The molecule has 0 fully saturated rings. The predicted octanol–water partition coefficient (Wildman–Crippen LogP) is 2.16. The molecule has 7 nitrogen and oxygen atoms in total. The van der Waals surface area contributed by atoms with Crippen molar-refractivity contribution in [2.24, 2.45) is 10.2 Å². The van der Waals surface area contributed by atoms with Crippen molar-refractivity contribution < 1.29 is 15.0 Å². The van der Waals surface area contributed by atoms with Crippen LogP contribution in [0.25, 0.3) is 10.2 Å². The molecule has 2 rings (SSSR count). The van der Waals surface area contributed by atoms with Crippen LogP contribution in [0.2, 0.25) is 0 Å². The molecule has 0 radical (unpaired) electrons. The second kappa shape index (κ2) is 5.19. The molecule has 1 heterocycles. The van der Waals surface area contributed by atoms with Gasteiger partial charge in [0.25, 0.3) is 0 Å². The molecule has 2 aromatic rings. The van der Waals surface area contributed by atoms with Crippen LogP contribution in [0.1, 0.15) is 12.0 Å². The lowest BCUT2D eigenvalue weighted by Gasteiger charge is -2.03. The predicted molar refractivity (Wildman–Crippen MR) is 70.5 cm³/mol. The number of carbonyl (C=O) groups is 1. The molecule has 0 unspecified atom stereocenters. The van der Waals surface area contributed by atoms with Crippen molar-refractivity contribution in [2.75, 3.05) is 6.54 Å². The third-order valence-electron chi connectivity index (χ3n) is 2.52. The molecule has 0 aliphatic carbocycles. The Balaban J connectivity index is 2.43. The number of nitrogens with zero attached hydrogens (tertiary/aromatic N) is 2. The van der Waals surface area contributed by atoms with Gasteiger partial charge in [-0.1, -0.05) is 11.3 Å². The summed E-state index contributed by atoms with van der Waals surface area (Å²) in [5.41, 5.74) is 1.35. The van der Waals surface area contributed by atoms with Gasteiger partial charge in [-0.3, -0.25) is 9.59 Å². The molecule has 3 N–H and O–H groups in total. The second-order valence-corrected chi connectivity index (χ2v) is 4.88. The average Bonchev–Trinajstić information content (AvgIpc) is 2.68. The molecular formula is C11H11N3O4S. The van der Waals surface area contributed by atoms with E-state index in [1.54, 1.807) is 6.92 Å². The third kappa shape index (κ3) is 2.79. The zero-order chi connectivity index (χ0) is 14.0. The van der Waals surface area contributed by atoms with Gasteiger partial charge in [-0.2, -0.15) is 10.2 Å². The number of aliphatic carboxylic acids is 1. The van der Waals surface area contributed by atoms with E-state index in [0.29, 0.717) is 21.5 Å². The Hall–Kier alpha value is -2.22. The number of aromatic hydroxyl groups is 1.